The topological polar surface area (TPSA) is 86.2 Å². The van der Waals surface area contributed by atoms with Crippen LogP contribution in [0, 0.1) is 5.92 Å². The van der Waals surface area contributed by atoms with Gasteiger partial charge in [-0.1, -0.05) is 11.6 Å². The highest BCUT2D eigenvalue weighted by molar-refractivity contribution is 6.30. The Bertz CT molecular complexity index is 726. The Morgan fingerprint density at radius 3 is 2.96 bits per heavy atom. The second kappa shape index (κ2) is 7.59. The van der Waals surface area contributed by atoms with Crippen LogP contribution in [0.25, 0.3) is 0 Å². The zero-order valence-electron chi connectivity index (χ0n) is 14.4. The maximum atomic E-state index is 11.9. The number of halogens is 1. The Morgan fingerprint density at radius 1 is 1.48 bits per heavy atom. The average Bonchev–Trinajstić information content (AvgIpc) is 3.26. The van der Waals surface area contributed by atoms with Crippen LogP contribution < -0.4 is 5.32 Å². The van der Waals surface area contributed by atoms with Crippen molar-refractivity contribution in [3.63, 3.8) is 0 Å². The number of aliphatic hydroxyl groups excluding tert-OH is 1. The molecule has 0 radical (unpaired) electrons. The monoisotopic (exact) mass is 365 g/mol. The van der Waals surface area contributed by atoms with Crippen molar-refractivity contribution < 1.29 is 9.90 Å². The molecule has 3 atom stereocenters. The van der Waals surface area contributed by atoms with Gasteiger partial charge in [0.15, 0.2) is 0 Å². The van der Waals surface area contributed by atoms with Crippen LogP contribution in [-0.2, 0) is 13.1 Å². The lowest BCUT2D eigenvalue weighted by Gasteiger charge is -2.16. The van der Waals surface area contributed by atoms with Crippen LogP contribution in [-0.4, -0.2) is 56.9 Å². The van der Waals surface area contributed by atoms with Gasteiger partial charge in [0.2, 0.25) is 0 Å². The van der Waals surface area contributed by atoms with Gasteiger partial charge in [-0.3, -0.25) is 9.48 Å². The van der Waals surface area contributed by atoms with Crippen molar-refractivity contribution in [3.05, 3.63) is 40.9 Å². The van der Waals surface area contributed by atoms with Crippen LogP contribution in [0.3, 0.4) is 0 Å². The lowest BCUT2D eigenvalue weighted by atomic mass is 10.1. The number of H-pyrrole nitrogens is 1. The zero-order valence-corrected chi connectivity index (χ0v) is 15.2. The third kappa shape index (κ3) is 4.42. The number of hydrogen-bond acceptors (Lipinski definition) is 4. The van der Waals surface area contributed by atoms with Gasteiger partial charge in [-0.25, -0.2) is 0 Å². The van der Waals surface area contributed by atoms with E-state index < -0.39 is 0 Å². The average molecular weight is 366 g/mol. The first-order valence-electron chi connectivity index (χ1n) is 8.41. The first kappa shape index (κ1) is 18.0. The Labute approximate surface area is 152 Å². The molecule has 3 rings (SSSR count). The van der Waals surface area contributed by atoms with Gasteiger partial charge in [0, 0.05) is 45.1 Å². The highest BCUT2D eigenvalue weighted by atomic mass is 35.5. The summed E-state index contributed by atoms with van der Waals surface area (Å²) < 4.78 is 1.83. The molecule has 3 N–H and O–H groups in total. The fourth-order valence-corrected chi connectivity index (χ4v) is 3.50. The second-order valence-electron chi connectivity index (χ2n) is 6.87. The molecule has 1 fully saturated rings. The van der Waals surface area contributed by atoms with E-state index in [9.17, 15) is 9.90 Å². The van der Waals surface area contributed by atoms with Gasteiger partial charge in [0.1, 0.15) is 5.69 Å². The second-order valence-corrected chi connectivity index (χ2v) is 7.31. The van der Waals surface area contributed by atoms with Gasteiger partial charge in [-0.2, -0.15) is 5.10 Å². The highest BCUT2D eigenvalue weighted by Crippen LogP contribution is 2.28. The molecule has 1 amide bonds. The molecule has 0 bridgehead atoms. The van der Waals surface area contributed by atoms with Crippen molar-refractivity contribution in [2.24, 2.45) is 5.92 Å². The van der Waals surface area contributed by atoms with Crippen molar-refractivity contribution >= 4 is 17.5 Å². The number of nitrogens with zero attached hydrogens (tertiary/aromatic N) is 3. The molecule has 0 saturated heterocycles. The molecular formula is C17H24ClN5O2. The maximum Gasteiger partial charge on any atom is 0.269 e. The predicted octanol–water partition coefficient (Wildman–Crippen LogP) is 1.50. The Morgan fingerprint density at radius 2 is 2.28 bits per heavy atom. The van der Waals surface area contributed by atoms with Crippen molar-refractivity contribution in [2.45, 2.75) is 38.1 Å². The summed E-state index contributed by atoms with van der Waals surface area (Å²) in [6, 6.07) is 3.72. The number of carbonyl (C=O) groups is 1. The summed E-state index contributed by atoms with van der Waals surface area (Å²) in [6.45, 7) is 1.34. The summed E-state index contributed by atoms with van der Waals surface area (Å²) in [5.74, 6) is 0.308. The molecule has 2 aromatic rings. The van der Waals surface area contributed by atoms with E-state index in [1.807, 2.05) is 10.7 Å². The molecule has 2 aromatic heterocycles. The Kier molecular flexibility index (Phi) is 5.46. The van der Waals surface area contributed by atoms with Crippen molar-refractivity contribution in [2.75, 3.05) is 14.1 Å². The van der Waals surface area contributed by atoms with Crippen molar-refractivity contribution in [1.82, 2.24) is 25.0 Å². The van der Waals surface area contributed by atoms with Crippen LogP contribution in [0.5, 0.6) is 0 Å². The van der Waals surface area contributed by atoms with Crippen LogP contribution in [0.4, 0.5) is 0 Å². The van der Waals surface area contributed by atoms with E-state index in [0.29, 0.717) is 23.2 Å². The van der Waals surface area contributed by atoms with E-state index in [1.165, 1.54) is 4.90 Å². The number of nitrogens with one attached hydrogen (secondary N) is 2. The first-order chi connectivity index (χ1) is 11.9. The quantitative estimate of drug-likeness (QED) is 0.724. The molecule has 8 heteroatoms. The summed E-state index contributed by atoms with van der Waals surface area (Å²) in [6.07, 6.45) is 4.67. The van der Waals surface area contributed by atoms with Crippen molar-refractivity contribution in [3.8, 4) is 0 Å². The molecule has 136 valence electrons. The third-order valence-corrected chi connectivity index (χ3v) is 4.81. The van der Waals surface area contributed by atoms with Crippen molar-refractivity contribution in [1.29, 1.82) is 0 Å². The molecule has 1 unspecified atom stereocenters. The van der Waals surface area contributed by atoms with E-state index in [-0.39, 0.29) is 18.1 Å². The minimum Gasteiger partial charge on any atom is -0.391 e. The minimum absolute atomic E-state index is 0.0346. The number of aromatic amines is 1. The molecule has 2 heterocycles. The molecule has 0 spiro atoms. The third-order valence-electron chi connectivity index (χ3n) is 4.61. The molecule has 1 saturated carbocycles. The molecule has 1 aliphatic carbocycles. The van der Waals surface area contributed by atoms with Gasteiger partial charge in [0.25, 0.3) is 5.91 Å². The largest absolute Gasteiger partial charge is 0.391 e. The SMILES string of the molecule is CN(C)C(=O)c1ccc(CN[C@@H]2CC(Cn3cc(Cl)cn3)C[C@H]2O)[nH]1. The predicted molar refractivity (Wildman–Crippen MR) is 95.4 cm³/mol. The van der Waals surface area contributed by atoms with E-state index in [0.717, 1.165) is 25.1 Å². The molecule has 7 nitrogen and oxygen atoms in total. The number of aromatic nitrogens is 3. The Hall–Kier alpha value is -1.83. The molecule has 0 aliphatic heterocycles. The molecule has 0 aromatic carbocycles. The van der Waals surface area contributed by atoms with Crippen LogP contribution in [0.2, 0.25) is 5.02 Å². The smallest absolute Gasteiger partial charge is 0.269 e. The van der Waals surface area contributed by atoms with Gasteiger partial charge in [-0.15, -0.1) is 0 Å². The van der Waals surface area contributed by atoms with E-state index in [2.05, 4.69) is 15.4 Å². The first-order valence-corrected chi connectivity index (χ1v) is 8.79. The minimum atomic E-state index is -0.381. The number of carbonyl (C=O) groups excluding carboxylic acids is 1. The number of amides is 1. The van der Waals surface area contributed by atoms with Gasteiger partial charge < -0.3 is 20.3 Å². The maximum absolute atomic E-state index is 11.9. The number of rotatable bonds is 6. The summed E-state index contributed by atoms with van der Waals surface area (Å²) >= 11 is 5.89. The lowest BCUT2D eigenvalue weighted by Crippen LogP contribution is -2.35. The summed E-state index contributed by atoms with van der Waals surface area (Å²) in [5, 5.41) is 18.5. The highest BCUT2D eigenvalue weighted by Gasteiger charge is 2.32. The zero-order chi connectivity index (χ0) is 18.0. The van der Waals surface area contributed by atoms with E-state index in [1.54, 1.807) is 32.6 Å². The normalized spacial score (nSPS) is 23.1. The lowest BCUT2D eigenvalue weighted by molar-refractivity contribution is 0.0822. The van der Waals surface area contributed by atoms with Crippen LogP contribution in [0.1, 0.15) is 29.0 Å². The standard InChI is InChI=1S/C17H24ClN5O2/c1-22(2)17(25)14-4-3-13(21-14)8-19-15-5-11(6-16(15)24)9-23-10-12(18)7-20-23/h3-4,7,10-11,15-16,19,21,24H,5-6,8-9H2,1-2H3/t11?,15-,16-/m1/s1. The van der Waals surface area contributed by atoms with Gasteiger partial charge >= 0.3 is 0 Å². The van der Waals surface area contributed by atoms with Crippen LogP contribution >= 0.6 is 11.6 Å². The summed E-state index contributed by atoms with van der Waals surface area (Å²) in [7, 11) is 3.45. The van der Waals surface area contributed by atoms with Gasteiger partial charge in [-0.05, 0) is 30.9 Å². The Balaban J connectivity index is 1.51. The van der Waals surface area contributed by atoms with E-state index in [4.69, 9.17) is 11.6 Å². The molecule has 1 aliphatic rings. The number of hydrogen-bond donors (Lipinski definition) is 3. The summed E-state index contributed by atoms with van der Waals surface area (Å²) in [4.78, 5) is 16.6. The molecule has 25 heavy (non-hydrogen) atoms. The fourth-order valence-electron chi connectivity index (χ4n) is 3.34. The molecular weight excluding hydrogens is 342 g/mol. The summed E-state index contributed by atoms with van der Waals surface area (Å²) in [5.41, 5.74) is 1.50. The fraction of sp³-hybridized carbons (Fsp3) is 0.529. The number of aliphatic hydroxyl groups is 1. The van der Waals surface area contributed by atoms with Crippen LogP contribution in [0.15, 0.2) is 24.5 Å². The van der Waals surface area contributed by atoms with E-state index >= 15 is 0 Å². The van der Waals surface area contributed by atoms with Gasteiger partial charge in [0.05, 0.1) is 17.3 Å².